The van der Waals surface area contributed by atoms with Gasteiger partial charge in [0.15, 0.2) is 0 Å². The van der Waals surface area contributed by atoms with Crippen molar-refractivity contribution in [3.63, 3.8) is 0 Å². The number of aromatic nitrogens is 1. The molecule has 1 aliphatic heterocycles. The summed E-state index contributed by atoms with van der Waals surface area (Å²) in [6.45, 7) is 11.1. The highest BCUT2D eigenvalue weighted by atomic mass is 16.5. The van der Waals surface area contributed by atoms with E-state index < -0.39 is 0 Å². The third kappa shape index (κ3) is 5.93. The number of likely N-dealkylation sites (tertiary alicyclic amines) is 1. The molecule has 0 spiro atoms. The minimum absolute atomic E-state index is 0.545. The van der Waals surface area contributed by atoms with Crippen molar-refractivity contribution < 1.29 is 4.52 Å². The number of rotatable bonds is 9. The van der Waals surface area contributed by atoms with Crippen molar-refractivity contribution in [3.8, 4) is 17.2 Å². The summed E-state index contributed by atoms with van der Waals surface area (Å²) in [6.07, 6.45) is 3.69. The number of piperidine rings is 1. The minimum atomic E-state index is 0.545. The Hall–Kier alpha value is -3.14. The molecular weight excluding hydrogens is 434 g/mol. The molecule has 0 atom stereocenters. The molecule has 0 saturated carbocycles. The van der Waals surface area contributed by atoms with Gasteiger partial charge in [-0.2, -0.15) is 5.26 Å². The number of aryl methyl sites for hydroxylation is 4. The van der Waals surface area contributed by atoms with Gasteiger partial charge in [0.25, 0.3) is 0 Å². The Labute approximate surface area is 209 Å². The predicted molar refractivity (Wildman–Crippen MR) is 142 cm³/mol. The summed E-state index contributed by atoms with van der Waals surface area (Å²) in [5, 5.41) is 13.1. The molecule has 184 valence electrons. The van der Waals surface area contributed by atoms with Gasteiger partial charge in [-0.3, -0.25) is 0 Å². The molecule has 3 aromatic rings. The van der Waals surface area contributed by atoms with Crippen LogP contribution in [0.25, 0.3) is 11.1 Å². The van der Waals surface area contributed by atoms with Crippen LogP contribution in [-0.4, -0.2) is 42.8 Å². The molecule has 2 N–H and O–H groups in total. The topological polar surface area (TPSA) is 82.3 Å². The number of hydrogen-bond donors (Lipinski definition) is 1. The van der Waals surface area contributed by atoms with Gasteiger partial charge >= 0.3 is 0 Å². The molecule has 0 unspecified atom stereocenters. The fraction of sp³-hybridized carbons (Fsp3) is 0.448. The first-order valence-corrected chi connectivity index (χ1v) is 12.7. The second-order valence-electron chi connectivity index (χ2n) is 9.71. The summed E-state index contributed by atoms with van der Waals surface area (Å²) < 4.78 is 5.46. The van der Waals surface area contributed by atoms with E-state index in [1.807, 2.05) is 13.8 Å². The van der Waals surface area contributed by atoms with Crippen molar-refractivity contribution >= 4 is 11.4 Å². The number of nitrogens with two attached hydrogens (primary N) is 1. The van der Waals surface area contributed by atoms with Crippen molar-refractivity contribution in [3.05, 3.63) is 65.0 Å². The maximum Gasteiger partial charge on any atom is 0.141 e. The molecule has 2 aromatic carbocycles. The number of hydrogen-bond acceptors (Lipinski definition) is 6. The molecule has 0 bridgehead atoms. The molecule has 0 aliphatic carbocycles. The number of nitriles is 1. The first kappa shape index (κ1) is 25.0. The summed E-state index contributed by atoms with van der Waals surface area (Å²) in [7, 11) is 0. The van der Waals surface area contributed by atoms with E-state index in [2.05, 4.69) is 70.4 Å². The number of benzene rings is 2. The van der Waals surface area contributed by atoms with Gasteiger partial charge in [-0.25, -0.2) is 0 Å². The number of nitrogens with zero attached hydrogens (tertiary/aromatic N) is 4. The van der Waals surface area contributed by atoms with Gasteiger partial charge in [-0.05, 0) is 93.9 Å². The molecule has 4 rings (SSSR count). The van der Waals surface area contributed by atoms with Crippen LogP contribution in [0.2, 0.25) is 0 Å². The van der Waals surface area contributed by atoms with Gasteiger partial charge < -0.3 is 20.1 Å². The van der Waals surface area contributed by atoms with Crippen LogP contribution < -0.4 is 10.6 Å². The lowest BCUT2D eigenvalue weighted by molar-refractivity contribution is 0.192. The molecule has 6 heteroatoms. The number of anilines is 2. The molecular formula is C29H37N5O. The highest BCUT2D eigenvalue weighted by Gasteiger charge is 2.24. The first-order chi connectivity index (χ1) is 17.0. The second-order valence-corrected chi connectivity index (χ2v) is 9.71. The highest BCUT2D eigenvalue weighted by molar-refractivity contribution is 5.76. The summed E-state index contributed by atoms with van der Waals surface area (Å²) in [5.74, 6) is 1.46. The lowest BCUT2D eigenvalue weighted by atomic mass is 9.94. The van der Waals surface area contributed by atoms with Crippen molar-refractivity contribution in [2.75, 3.05) is 37.6 Å². The Bertz CT molecular complexity index is 1130. The fourth-order valence-corrected chi connectivity index (χ4v) is 5.17. The van der Waals surface area contributed by atoms with Gasteiger partial charge in [-0.15, -0.1) is 0 Å². The first-order valence-electron chi connectivity index (χ1n) is 12.7. The van der Waals surface area contributed by atoms with Crippen LogP contribution in [0.4, 0.5) is 11.4 Å². The molecule has 1 aliphatic rings. The third-order valence-electron chi connectivity index (χ3n) is 7.19. The van der Waals surface area contributed by atoms with Gasteiger partial charge in [-0.1, -0.05) is 29.4 Å². The van der Waals surface area contributed by atoms with Crippen molar-refractivity contribution in [2.45, 2.75) is 46.5 Å². The van der Waals surface area contributed by atoms with Gasteiger partial charge in [0, 0.05) is 43.0 Å². The van der Waals surface area contributed by atoms with Gasteiger partial charge in [0.2, 0.25) is 0 Å². The zero-order valence-corrected chi connectivity index (χ0v) is 21.3. The van der Waals surface area contributed by atoms with Crippen LogP contribution >= 0.6 is 0 Å². The molecule has 2 heterocycles. The van der Waals surface area contributed by atoms with E-state index in [1.54, 1.807) is 0 Å². The Balaban J connectivity index is 1.66. The van der Waals surface area contributed by atoms with E-state index in [0.29, 0.717) is 12.3 Å². The van der Waals surface area contributed by atoms with Gasteiger partial charge in [0.05, 0.1) is 11.8 Å². The van der Waals surface area contributed by atoms with Crippen LogP contribution in [0.5, 0.6) is 0 Å². The van der Waals surface area contributed by atoms with E-state index >= 15 is 0 Å². The van der Waals surface area contributed by atoms with E-state index in [9.17, 15) is 0 Å². The molecule has 0 amide bonds. The molecule has 6 nitrogen and oxygen atoms in total. The maximum atomic E-state index is 8.95. The third-order valence-corrected chi connectivity index (χ3v) is 7.19. The summed E-state index contributed by atoms with van der Waals surface area (Å²) in [5.41, 5.74) is 13.8. The Morgan fingerprint density at radius 1 is 1.11 bits per heavy atom. The standard InChI is InChI=1S/C29H37N5O/c1-21-6-9-26(29-22(2)32-35-23(29)3)19-28(21)34(20-25-12-16-33(17-13-25)18-15-31)27-10-7-24(8-11-27)5-4-14-30/h6-11,19,25H,4-5,12-13,15-18,20,31H2,1-3H3. The van der Waals surface area contributed by atoms with E-state index in [1.165, 1.54) is 35.3 Å². The smallest absolute Gasteiger partial charge is 0.141 e. The van der Waals surface area contributed by atoms with Crippen molar-refractivity contribution in [1.29, 1.82) is 5.26 Å². The van der Waals surface area contributed by atoms with Crippen LogP contribution in [0.15, 0.2) is 47.0 Å². The lowest BCUT2D eigenvalue weighted by Gasteiger charge is -2.36. The van der Waals surface area contributed by atoms with Crippen molar-refractivity contribution in [1.82, 2.24) is 10.1 Å². The van der Waals surface area contributed by atoms with Crippen molar-refractivity contribution in [2.24, 2.45) is 11.7 Å². The normalized spacial score (nSPS) is 14.7. The minimum Gasteiger partial charge on any atom is -0.361 e. The van der Waals surface area contributed by atoms with E-state index in [0.717, 1.165) is 61.7 Å². The average molecular weight is 472 g/mol. The zero-order chi connectivity index (χ0) is 24.8. The largest absolute Gasteiger partial charge is 0.361 e. The maximum absolute atomic E-state index is 8.95. The molecule has 1 aromatic heterocycles. The molecule has 0 radical (unpaired) electrons. The molecule has 1 fully saturated rings. The average Bonchev–Trinajstić information content (AvgIpc) is 3.21. The van der Waals surface area contributed by atoms with Crippen LogP contribution in [0.3, 0.4) is 0 Å². The van der Waals surface area contributed by atoms with Crippen LogP contribution in [0, 0.1) is 38.0 Å². The molecule has 35 heavy (non-hydrogen) atoms. The van der Waals surface area contributed by atoms with Gasteiger partial charge in [0.1, 0.15) is 5.76 Å². The summed E-state index contributed by atoms with van der Waals surface area (Å²) in [4.78, 5) is 4.96. The molecule has 1 saturated heterocycles. The zero-order valence-electron chi connectivity index (χ0n) is 21.3. The highest BCUT2D eigenvalue weighted by Crippen LogP contribution is 2.36. The summed E-state index contributed by atoms with van der Waals surface area (Å²) >= 11 is 0. The summed E-state index contributed by atoms with van der Waals surface area (Å²) in [6, 6.07) is 17.6. The Morgan fingerprint density at radius 2 is 1.86 bits per heavy atom. The predicted octanol–water partition coefficient (Wildman–Crippen LogP) is 5.53. The fourth-order valence-electron chi connectivity index (χ4n) is 5.17. The Kier molecular flexibility index (Phi) is 8.22. The quantitative estimate of drug-likeness (QED) is 0.442. The SMILES string of the molecule is Cc1ccc(-c2c(C)noc2C)cc1N(CC1CCN(CCN)CC1)c1ccc(CCC#N)cc1. The van der Waals surface area contributed by atoms with Crippen LogP contribution in [-0.2, 0) is 6.42 Å². The lowest BCUT2D eigenvalue weighted by Crippen LogP contribution is -2.40. The Morgan fingerprint density at radius 3 is 2.49 bits per heavy atom. The van der Waals surface area contributed by atoms with E-state index in [-0.39, 0.29) is 0 Å². The second kappa shape index (κ2) is 11.5. The van der Waals surface area contributed by atoms with E-state index in [4.69, 9.17) is 15.5 Å². The monoisotopic (exact) mass is 471 g/mol. The van der Waals surface area contributed by atoms with Crippen LogP contribution in [0.1, 0.15) is 41.8 Å².